The molecule has 1 amide bonds. The fraction of sp³-hybridized carbons (Fsp3) is 0.278. The molecule has 2 aliphatic rings. The van der Waals surface area contributed by atoms with Crippen molar-refractivity contribution < 1.29 is 32.4 Å². The first-order valence-corrected chi connectivity index (χ1v) is 10.7. The lowest BCUT2D eigenvalue weighted by Gasteiger charge is -2.26. The fourth-order valence-corrected chi connectivity index (χ4v) is 3.72. The van der Waals surface area contributed by atoms with E-state index in [4.69, 9.17) is 9.47 Å². The maximum Gasteiger partial charge on any atom is 0.340 e. The molecule has 0 fully saturated rings. The van der Waals surface area contributed by atoms with Crippen molar-refractivity contribution in [3.05, 3.63) is 52.2 Å². The van der Waals surface area contributed by atoms with Crippen molar-refractivity contribution in [3.63, 3.8) is 0 Å². The van der Waals surface area contributed by atoms with Gasteiger partial charge in [0.15, 0.2) is 6.61 Å². The summed E-state index contributed by atoms with van der Waals surface area (Å²) in [7, 11) is -3.52. The topological polar surface area (TPSA) is 158 Å². The van der Waals surface area contributed by atoms with E-state index in [9.17, 15) is 28.1 Å². The van der Waals surface area contributed by atoms with Gasteiger partial charge in [0.25, 0.3) is 21.6 Å². The first-order valence-electron chi connectivity index (χ1n) is 9.06. The van der Waals surface area contributed by atoms with Gasteiger partial charge in [0.05, 0.1) is 28.9 Å². The molecule has 1 N–H and O–H groups in total. The summed E-state index contributed by atoms with van der Waals surface area (Å²) in [6.45, 7) is 1.51. The van der Waals surface area contributed by atoms with Gasteiger partial charge in [0, 0.05) is 12.7 Å². The summed E-state index contributed by atoms with van der Waals surface area (Å²) in [6, 6.07) is 3.97. The molecular formula is C18H18N4O8S. The van der Waals surface area contributed by atoms with E-state index in [0.717, 1.165) is 0 Å². The fourth-order valence-electron chi connectivity index (χ4n) is 2.75. The van der Waals surface area contributed by atoms with Crippen molar-refractivity contribution in [1.82, 2.24) is 4.90 Å². The number of amidine groups is 1. The minimum atomic E-state index is -3.52. The molecule has 0 bridgehead atoms. The highest BCUT2D eigenvalue weighted by atomic mass is 32.2. The number of rotatable bonds is 7. The Morgan fingerprint density at radius 1 is 1.32 bits per heavy atom. The number of nitro groups is 1. The number of nitro benzene ring substituents is 1. The summed E-state index contributed by atoms with van der Waals surface area (Å²) < 4.78 is 36.8. The molecule has 13 heteroatoms. The van der Waals surface area contributed by atoms with Crippen molar-refractivity contribution in [2.75, 3.05) is 30.8 Å². The Morgan fingerprint density at radius 3 is 2.81 bits per heavy atom. The lowest BCUT2D eigenvalue weighted by Crippen LogP contribution is -2.37. The lowest BCUT2D eigenvalue weighted by atomic mass is 10.2. The van der Waals surface area contributed by atoms with Crippen LogP contribution in [0.2, 0.25) is 0 Å². The van der Waals surface area contributed by atoms with Gasteiger partial charge in [-0.2, -0.15) is 0 Å². The normalized spacial score (nSPS) is 16.5. The zero-order chi connectivity index (χ0) is 22.6. The SMILES string of the molecule is CCOc1ccc(NC(=O)COC(=O)C2=CN3CCS(=O)(=O)N=C3C=C2)c([N+](=O)[O-])c1. The Morgan fingerprint density at radius 2 is 2.10 bits per heavy atom. The number of hydrogen-bond acceptors (Lipinski definition) is 9. The van der Waals surface area contributed by atoms with Gasteiger partial charge in [0.1, 0.15) is 17.3 Å². The number of carbonyl (C=O) groups excluding carboxylic acids is 2. The Balaban J connectivity index is 1.60. The summed E-state index contributed by atoms with van der Waals surface area (Å²) in [5.41, 5.74) is -0.338. The summed E-state index contributed by atoms with van der Waals surface area (Å²) in [4.78, 5) is 36.4. The number of hydrogen-bond donors (Lipinski definition) is 1. The Kier molecular flexibility index (Phi) is 6.34. The number of sulfonamides is 1. The van der Waals surface area contributed by atoms with Gasteiger partial charge in [-0.1, -0.05) is 0 Å². The molecule has 0 radical (unpaired) electrons. The molecule has 0 spiro atoms. The van der Waals surface area contributed by atoms with E-state index in [1.165, 1.54) is 41.5 Å². The second-order valence-electron chi connectivity index (χ2n) is 6.34. The molecule has 31 heavy (non-hydrogen) atoms. The van der Waals surface area contributed by atoms with Gasteiger partial charge < -0.3 is 19.7 Å². The van der Waals surface area contributed by atoms with E-state index in [0.29, 0.717) is 6.61 Å². The van der Waals surface area contributed by atoms with Gasteiger partial charge in [-0.3, -0.25) is 14.9 Å². The number of anilines is 1. The third-order valence-corrected chi connectivity index (χ3v) is 5.31. The maximum atomic E-state index is 12.2. The number of esters is 1. The predicted molar refractivity (Wildman–Crippen MR) is 109 cm³/mol. The predicted octanol–water partition coefficient (Wildman–Crippen LogP) is 0.973. The lowest BCUT2D eigenvalue weighted by molar-refractivity contribution is -0.384. The van der Waals surface area contributed by atoms with Crippen molar-refractivity contribution in [3.8, 4) is 5.75 Å². The third kappa shape index (κ3) is 5.45. The van der Waals surface area contributed by atoms with Crippen LogP contribution in [0.25, 0.3) is 0 Å². The highest BCUT2D eigenvalue weighted by Gasteiger charge is 2.26. The zero-order valence-electron chi connectivity index (χ0n) is 16.3. The van der Waals surface area contributed by atoms with Crippen LogP contribution in [0.3, 0.4) is 0 Å². The highest BCUT2D eigenvalue weighted by molar-refractivity contribution is 7.90. The molecule has 0 saturated heterocycles. The number of benzene rings is 1. The maximum absolute atomic E-state index is 12.2. The van der Waals surface area contributed by atoms with Crippen molar-refractivity contribution >= 4 is 39.1 Å². The van der Waals surface area contributed by atoms with Crippen LogP contribution >= 0.6 is 0 Å². The number of amides is 1. The summed E-state index contributed by atoms with van der Waals surface area (Å²) in [5, 5.41) is 13.6. The van der Waals surface area contributed by atoms with Gasteiger partial charge in [-0.25, -0.2) is 13.2 Å². The first kappa shape index (κ1) is 22.0. The van der Waals surface area contributed by atoms with Gasteiger partial charge in [-0.05, 0) is 31.2 Å². The molecule has 3 rings (SSSR count). The van der Waals surface area contributed by atoms with Gasteiger partial charge >= 0.3 is 5.97 Å². The van der Waals surface area contributed by atoms with Gasteiger partial charge in [-0.15, -0.1) is 4.40 Å². The van der Waals surface area contributed by atoms with Gasteiger partial charge in [0.2, 0.25) is 0 Å². The number of ether oxygens (including phenoxy) is 2. The van der Waals surface area contributed by atoms with E-state index in [2.05, 4.69) is 9.71 Å². The van der Waals surface area contributed by atoms with Crippen LogP contribution in [-0.2, 0) is 24.3 Å². The minimum Gasteiger partial charge on any atom is -0.494 e. The molecule has 0 saturated carbocycles. The highest BCUT2D eigenvalue weighted by Crippen LogP contribution is 2.29. The van der Waals surface area contributed by atoms with E-state index >= 15 is 0 Å². The third-order valence-electron chi connectivity index (χ3n) is 4.14. The number of nitrogens with zero attached hydrogens (tertiary/aromatic N) is 3. The zero-order valence-corrected chi connectivity index (χ0v) is 17.1. The second kappa shape index (κ2) is 8.95. The molecule has 12 nitrogen and oxygen atoms in total. The number of fused-ring (bicyclic) bond motifs is 1. The Hall–Kier alpha value is -3.74. The van der Waals surface area contributed by atoms with Crippen LogP contribution in [0.4, 0.5) is 11.4 Å². The Bertz CT molecular complexity index is 1120. The van der Waals surface area contributed by atoms with Crippen molar-refractivity contribution in [2.24, 2.45) is 4.40 Å². The van der Waals surface area contributed by atoms with E-state index in [1.807, 2.05) is 0 Å². The molecule has 164 valence electrons. The van der Waals surface area contributed by atoms with Crippen LogP contribution < -0.4 is 10.1 Å². The number of carbonyl (C=O) groups is 2. The monoisotopic (exact) mass is 450 g/mol. The van der Waals surface area contributed by atoms with Crippen LogP contribution in [0.15, 0.2) is 46.5 Å². The molecule has 1 aromatic rings. The van der Waals surface area contributed by atoms with Crippen LogP contribution in [-0.4, -0.2) is 61.5 Å². The van der Waals surface area contributed by atoms with E-state index in [1.54, 1.807) is 6.92 Å². The standard InChI is InChI=1S/C18H18N4O8S/c1-2-29-13-4-5-14(15(9-13)22(25)26)19-17(23)11-30-18(24)12-3-6-16-20-31(27,28)8-7-21(16)10-12/h3-6,9-10H,2,7-8,11H2,1H3,(H,19,23). The average Bonchev–Trinajstić information content (AvgIpc) is 2.72. The number of nitrogens with one attached hydrogen (secondary N) is 1. The molecule has 2 heterocycles. The molecule has 0 aliphatic carbocycles. The van der Waals surface area contributed by atoms with Crippen LogP contribution in [0.5, 0.6) is 5.75 Å². The first-order chi connectivity index (χ1) is 14.7. The molecular weight excluding hydrogens is 432 g/mol. The quantitative estimate of drug-likeness (QED) is 0.363. The second-order valence-corrected chi connectivity index (χ2v) is 8.09. The van der Waals surface area contributed by atoms with E-state index < -0.39 is 33.4 Å². The summed E-state index contributed by atoms with van der Waals surface area (Å²) >= 11 is 0. The minimum absolute atomic E-state index is 0.0679. The summed E-state index contributed by atoms with van der Waals surface area (Å²) in [6.07, 6.45) is 4.06. The largest absolute Gasteiger partial charge is 0.494 e. The van der Waals surface area contributed by atoms with Crippen LogP contribution in [0, 0.1) is 10.1 Å². The average molecular weight is 450 g/mol. The van der Waals surface area contributed by atoms with E-state index in [-0.39, 0.29) is 40.8 Å². The Labute approximate surface area is 177 Å². The molecule has 0 aromatic heterocycles. The van der Waals surface area contributed by atoms with Crippen molar-refractivity contribution in [2.45, 2.75) is 6.92 Å². The molecule has 1 aromatic carbocycles. The molecule has 0 unspecified atom stereocenters. The van der Waals surface area contributed by atoms with Crippen molar-refractivity contribution in [1.29, 1.82) is 0 Å². The summed E-state index contributed by atoms with van der Waals surface area (Å²) in [5.74, 6) is -1.31. The molecule has 0 atom stereocenters. The molecule has 2 aliphatic heterocycles. The van der Waals surface area contributed by atoms with Crippen LogP contribution in [0.1, 0.15) is 6.92 Å². The smallest absolute Gasteiger partial charge is 0.340 e.